The smallest absolute Gasteiger partial charge is 0.257 e. The molecule has 0 radical (unpaired) electrons. The van der Waals surface area contributed by atoms with Crippen molar-refractivity contribution in [2.75, 3.05) is 54.0 Å². The Bertz CT molecular complexity index is 471. The molecule has 1 aliphatic heterocycles. The Morgan fingerprint density at radius 3 is 2.50 bits per heavy atom. The summed E-state index contributed by atoms with van der Waals surface area (Å²) >= 11 is 0. The molecule has 0 N–H and O–H groups in total. The Hall–Kier alpha value is -1.66. The van der Waals surface area contributed by atoms with Crippen LogP contribution in [0.5, 0.6) is 11.6 Å². The van der Waals surface area contributed by atoms with Crippen molar-refractivity contribution in [2.45, 2.75) is 0 Å². The summed E-state index contributed by atoms with van der Waals surface area (Å²) in [6, 6.07) is 3.39. The highest BCUT2D eigenvalue weighted by Gasteiger charge is 2.19. The molecule has 0 atom stereocenters. The Morgan fingerprint density at radius 2 is 1.90 bits per heavy atom. The summed E-state index contributed by atoms with van der Waals surface area (Å²) in [7, 11) is 5.15. The highest BCUT2D eigenvalue weighted by molar-refractivity contribution is 5.96. The molecular formula is C14H21N3O3. The van der Waals surface area contributed by atoms with E-state index in [0.29, 0.717) is 23.9 Å². The minimum absolute atomic E-state index is 0.00973. The van der Waals surface area contributed by atoms with Crippen LogP contribution in [-0.4, -0.2) is 74.6 Å². The van der Waals surface area contributed by atoms with Crippen molar-refractivity contribution in [3.05, 3.63) is 17.8 Å². The number of hydrogen-bond donors (Lipinski definition) is 0. The summed E-state index contributed by atoms with van der Waals surface area (Å²) in [5, 5.41) is 0. The van der Waals surface area contributed by atoms with Gasteiger partial charge in [0.2, 0.25) is 0 Å². The van der Waals surface area contributed by atoms with Gasteiger partial charge in [0.15, 0.2) is 11.5 Å². The van der Waals surface area contributed by atoms with E-state index in [9.17, 15) is 4.79 Å². The first-order valence-electron chi connectivity index (χ1n) is 6.67. The normalized spacial score (nSPS) is 16.9. The number of piperazine rings is 1. The molecule has 1 aromatic rings. The zero-order chi connectivity index (χ0) is 14.5. The quantitative estimate of drug-likeness (QED) is 0.733. The maximum atomic E-state index is 12.2. The molecule has 2 heterocycles. The topological polar surface area (TPSA) is 54.9 Å². The molecule has 0 aromatic carbocycles. The second-order valence-corrected chi connectivity index (χ2v) is 4.91. The Kier molecular flexibility index (Phi) is 4.92. The molecule has 0 spiro atoms. The first-order chi connectivity index (χ1) is 9.63. The van der Waals surface area contributed by atoms with Crippen molar-refractivity contribution >= 4 is 5.78 Å². The maximum Gasteiger partial charge on any atom is 0.257 e. The summed E-state index contributed by atoms with van der Waals surface area (Å²) in [6.45, 7) is 4.21. The number of Topliss-reactive ketones (excluding diaryl/α,β-unsaturated/α-hetero) is 1. The van der Waals surface area contributed by atoms with Crippen LogP contribution < -0.4 is 9.47 Å². The number of aromatic nitrogens is 1. The second-order valence-electron chi connectivity index (χ2n) is 4.91. The van der Waals surface area contributed by atoms with E-state index in [1.54, 1.807) is 19.2 Å². The number of likely N-dealkylation sites (N-methyl/N-ethyl adjacent to an activating group) is 1. The summed E-state index contributed by atoms with van der Waals surface area (Å²) in [5.41, 5.74) is 0.418. The monoisotopic (exact) mass is 279 g/mol. The number of ether oxygens (including phenoxy) is 2. The molecule has 1 fully saturated rings. The number of rotatable bonds is 5. The molecule has 0 aliphatic carbocycles. The van der Waals surface area contributed by atoms with E-state index in [-0.39, 0.29) is 5.78 Å². The molecule has 20 heavy (non-hydrogen) atoms. The van der Waals surface area contributed by atoms with Gasteiger partial charge >= 0.3 is 0 Å². The average Bonchev–Trinajstić information content (AvgIpc) is 2.48. The lowest BCUT2D eigenvalue weighted by molar-refractivity contribution is 0.0870. The molecule has 0 amide bonds. The highest BCUT2D eigenvalue weighted by atomic mass is 16.5. The number of methoxy groups -OCH3 is 2. The van der Waals surface area contributed by atoms with E-state index >= 15 is 0 Å². The fraction of sp³-hybridized carbons (Fsp3) is 0.571. The fourth-order valence-electron chi connectivity index (χ4n) is 2.17. The summed E-state index contributed by atoms with van der Waals surface area (Å²) in [4.78, 5) is 20.9. The number of carbonyl (C=O) groups is 1. The van der Waals surface area contributed by atoms with Crippen LogP contribution in [0, 0.1) is 0 Å². The van der Waals surface area contributed by atoms with E-state index in [1.807, 2.05) is 0 Å². The third kappa shape index (κ3) is 3.46. The van der Waals surface area contributed by atoms with Crippen LogP contribution in [0.4, 0.5) is 0 Å². The van der Waals surface area contributed by atoms with Crippen molar-refractivity contribution in [3.8, 4) is 11.6 Å². The van der Waals surface area contributed by atoms with Gasteiger partial charge in [0.25, 0.3) is 5.88 Å². The predicted octanol–water partition coefficient (Wildman–Crippen LogP) is 0.529. The second kappa shape index (κ2) is 6.67. The molecular weight excluding hydrogens is 258 g/mol. The lowest BCUT2D eigenvalue weighted by atomic mass is 10.2. The summed E-state index contributed by atoms with van der Waals surface area (Å²) in [6.07, 6.45) is 0. The number of hydrogen-bond acceptors (Lipinski definition) is 6. The van der Waals surface area contributed by atoms with Gasteiger partial charge in [-0.2, -0.15) is 0 Å². The standard InChI is InChI=1S/C14H21N3O3/c1-16-6-8-17(9-7-16)10-12(18)11-4-5-13(19-2)14(15-11)20-3/h4-5H,6-10H2,1-3H3. The van der Waals surface area contributed by atoms with Gasteiger partial charge < -0.3 is 14.4 Å². The molecule has 0 bridgehead atoms. The van der Waals surface area contributed by atoms with Gasteiger partial charge in [0.1, 0.15) is 5.69 Å². The fourth-order valence-corrected chi connectivity index (χ4v) is 2.17. The van der Waals surface area contributed by atoms with Gasteiger partial charge in [-0.15, -0.1) is 0 Å². The molecule has 1 aromatic heterocycles. The molecule has 6 heteroatoms. The van der Waals surface area contributed by atoms with Gasteiger partial charge in [-0.05, 0) is 19.2 Å². The van der Waals surface area contributed by atoms with Crippen molar-refractivity contribution in [3.63, 3.8) is 0 Å². The van der Waals surface area contributed by atoms with Crippen LogP contribution in [0.1, 0.15) is 10.5 Å². The van der Waals surface area contributed by atoms with Crippen LogP contribution in [-0.2, 0) is 0 Å². The zero-order valence-corrected chi connectivity index (χ0v) is 12.3. The van der Waals surface area contributed by atoms with E-state index in [1.165, 1.54) is 7.11 Å². The van der Waals surface area contributed by atoms with Gasteiger partial charge in [-0.3, -0.25) is 9.69 Å². The average molecular weight is 279 g/mol. The number of nitrogens with zero attached hydrogens (tertiary/aromatic N) is 3. The highest BCUT2D eigenvalue weighted by Crippen LogP contribution is 2.24. The van der Waals surface area contributed by atoms with Crippen LogP contribution >= 0.6 is 0 Å². The third-order valence-corrected chi connectivity index (χ3v) is 3.49. The van der Waals surface area contributed by atoms with Crippen molar-refractivity contribution in [1.82, 2.24) is 14.8 Å². The van der Waals surface area contributed by atoms with Gasteiger partial charge in [0, 0.05) is 26.2 Å². The minimum Gasteiger partial charge on any atom is -0.491 e. The van der Waals surface area contributed by atoms with Crippen LogP contribution in [0.3, 0.4) is 0 Å². The van der Waals surface area contributed by atoms with E-state index in [4.69, 9.17) is 9.47 Å². The van der Waals surface area contributed by atoms with E-state index < -0.39 is 0 Å². The van der Waals surface area contributed by atoms with Gasteiger partial charge in [-0.25, -0.2) is 4.98 Å². The first kappa shape index (κ1) is 14.7. The lowest BCUT2D eigenvalue weighted by Crippen LogP contribution is -2.46. The summed E-state index contributed by atoms with van der Waals surface area (Å²) < 4.78 is 10.2. The Morgan fingerprint density at radius 1 is 1.20 bits per heavy atom. The Labute approximate surface area is 119 Å². The largest absolute Gasteiger partial charge is 0.491 e. The van der Waals surface area contributed by atoms with Gasteiger partial charge in [0.05, 0.1) is 20.8 Å². The Balaban J connectivity index is 2.02. The van der Waals surface area contributed by atoms with Crippen LogP contribution in [0.15, 0.2) is 12.1 Å². The summed E-state index contributed by atoms with van der Waals surface area (Å²) in [5.74, 6) is 0.885. The molecule has 0 unspecified atom stereocenters. The number of pyridine rings is 1. The number of ketones is 1. The van der Waals surface area contributed by atoms with Crippen molar-refractivity contribution < 1.29 is 14.3 Å². The van der Waals surface area contributed by atoms with Crippen molar-refractivity contribution in [2.24, 2.45) is 0 Å². The lowest BCUT2D eigenvalue weighted by Gasteiger charge is -2.31. The zero-order valence-electron chi connectivity index (χ0n) is 12.3. The van der Waals surface area contributed by atoms with Crippen LogP contribution in [0.2, 0.25) is 0 Å². The van der Waals surface area contributed by atoms with Crippen LogP contribution in [0.25, 0.3) is 0 Å². The third-order valence-electron chi connectivity index (χ3n) is 3.49. The molecule has 1 aliphatic rings. The van der Waals surface area contributed by atoms with Gasteiger partial charge in [-0.1, -0.05) is 0 Å². The first-order valence-corrected chi connectivity index (χ1v) is 6.67. The number of carbonyl (C=O) groups excluding carboxylic acids is 1. The van der Waals surface area contributed by atoms with E-state index in [0.717, 1.165) is 26.2 Å². The molecule has 110 valence electrons. The van der Waals surface area contributed by atoms with Crippen molar-refractivity contribution in [1.29, 1.82) is 0 Å². The molecule has 2 rings (SSSR count). The SMILES string of the molecule is COc1ccc(C(=O)CN2CCN(C)CC2)nc1OC. The van der Waals surface area contributed by atoms with E-state index in [2.05, 4.69) is 21.8 Å². The molecule has 1 saturated heterocycles. The minimum atomic E-state index is 0.00973. The maximum absolute atomic E-state index is 12.2. The predicted molar refractivity (Wildman–Crippen MR) is 75.6 cm³/mol. The molecule has 6 nitrogen and oxygen atoms in total. The molecule has 0 saturated carbocycles.